The molecule has 1 aromatic heterocycles. The van der Waals surface area contributed by atoms with E-state index in [0.717, 1.165) is 51.5 Å². The summed E-state index contributed by atoms with van der Waals surface area (Å²) in [6.07, 6.45) is 10.0. The summed E-state index contributed by atoms with van der Waals surface area (Å²) in [6, 6.07) is 23.2. The summed E-state index contributed by atoms with van der Waals surface area (Å²) in [4.78, 5) is 17.2. The van der Waals surface area contributed by atoms with Gasteiger partial charge < -0.3 is 14.6 Å². The molecule has 1 heterocycles. The molecule has 4 aliphatic carbocycles. The SMILES string of the molecule is COC(=O)c1cccc2nc(-c3cccc(Nc4ccc(C56CCC7CC(CC(C7)C5)C6)cc4)c3)n(C)c12.[HH]. The summed E-state index contributed by atoms with van der Waals surface area (Å²) >= 11 is 0. The molecule has 5 nitrogen and oxygen atoms in total. The predicted molar refractivity (Wildman–Crippen MR) is 154 cm³/mol. The number of hydrogen-bond acceptors (Lipinski definition) is 4. The number of nitrogens with one attached hydrogen (secondary N) is 1. The maximum atomic E-state index is 12.3. The monoisotopic (exact) mass is 507 g/mol. The molecule has 0 spiro atoms. The highest BCUT2D eigenvalue weighted by molar-refractivity contribution is 6.03. The van der Waals surface area contributed by atoms with Crippen molar-refractivity contribution in [3.05, 3.63) is 77.9 Å². The fourth-order valence-corrected chi connectivity index (χ4v) is 8.14. The minimum Gasteiger partial charge on any atom is -0.465 e. The molecule has 196 valence electrons. The summed E-state index contributed by atoms with van der Waals surface area (Å²) in [5, 5.41) is 3.61. The molecule has 4 fully saturated rings. The van der Waals surface area contributed by atoms with Crippen LogP contribution in [-0.2, 0) is 17.2 Å². The number of anilines is 2. The lowest BCUT2D eigenvalue weighted by Crippen LogP contribution is -2.37. The molecular weight excluding hydrogens is 470 g/mol. The number of methoxy groups -OCH3 is 1. The Morgan fingerprint density at radius 3 is 2.47 bits per heavy atom. The standard InChI is InChI=1S/C33H35N3O2.H2/c1-36-30-28(32(37)38-2)7-4-8-29(30)35-31(36)24-5-3-6-27(18-24)34-26-11-9-25(10-12-26)33-14-13-21-15-22(19-33)17-23(16-21)20-33;/h3-12,18,21-23,34H,13-17,19-20H2,1-2H3;1H. The average Bonchev–Trinajstić information content (AvgIpc) is 3.14. The molecule has 1 N–H and O–H groups in total. The van der Waals surface area contributed by atoms with Gasteiger partial charge in [0.25, 0.3) is 0 Å². The zero-order valence-corrected chi connectivity index (χ0v) is 22.2. The molecule has 2 unspecified atom stereocenters. The van der Waals surface area contributed by atoms with Crippen molar-refractivity contribution in [2.24, 2.45) is 24.8 Å². The summed E-state index contributed by atoms with van der Waals surface area (Å²) in [5.41, 5.74) is 7.15. The van der Waals surface area contributed by atoms with Crippen molar-refractivity contribution in [1.82, 2.24) is 9.55 Å². The van der Waals surface area contributed by atoms with E-state index < -0.39 is 0 Å². The van der Waals surface area contributed by atoms with Crippen LogP contribution in [0.1, 0.15) is 62.3 Å². The molecule has 4 aromatic rings. The van der Waals surface area contributed by atoms with Gasteiger partial charge in [-0.15, -0.1) is 0 Å². The van der Waals surface area contributed by atoms with E-state index in [2.05, 4.69) is 47.8 Å². The number of aryl methyl sites for hydroxylation is 1. The first-order chi connectivity index (χ1) is 18.5. The van der Waals surface area contributed by atoms with Gasteiger partial charge in [-0.25, -0.2) is 9.78 Å². The third-order valence-corrected chi connectivity index (χ3v) is 9.60. The van der Waals surface area contributed by atoms with Crippen LogP contribution in [0, 0.1) is 17.8 Å². The van der Waals surface area contributed by atoms with Crippen LogP contribution in [-0.4, -0.2) is 22.6 Å². The van der Waals surface area contributed by atoms with Gasteiger partial charge in [0.15, 0.2) is 0 Å². The van der Waals surface area contributed by atoms with Gasteiger partial charge in [0.1, 0.15) is 5.82 Å². The zero-order chi connectivity index (χ0) is 25.9. The average molecular weight is 508 g/mol. The minimum absolute atomic E-state index is 0. The van der Waals surface area contributed by atoms with Crippen molar-refractivity contribution < 1.29 is 11.0 Å². The number of para-hydroxylation sites is 1. The molecule has 0 aliphatic heterocycles. The largest absolute Gasteiger partial charge is 0.465 e. The van der Waals surface area contributed by atoms with Gasteiger partial charge in [-0.1, -0.05) is 30.3 Å². The minimum atomic E-state index is -0.354. The second-order valence-corrected chi connectivity index (χ2v) is 12.0. The molecule has 4 saturated carbocycles. The third-order valence-electron chi connectivity index (χ3n) is 9.60. The molecule has 0 amide bonds. The van der Waals surface area contributed by atoms with E-state index in [0.29, 0.717) is 11.0 Å². The first kappa shape index (κ1) is 23.5. The Kier molecular flexibility index (Phi) is 5.57. The van der Waals surface area contributed by atoms with Crippen molar-refractivity contribution in [3.63, 3.8) is 0 Å². The molecular formula is C33H37N3O2. The highest BCUT2D eigenvalue weighted by Crippen LogP contribution is 2.58. The molecule has 4 aliphatic rings. The van der Waals surface area contributed by atoms with Crippen LogP contribution in [0.4, 0.5) is 11.4 Å². The lowest BCUT2D eigenvalue weighted by atomic mass is 9.59. The highest BCUT2D eigenvalue weighted by atomic mass is 16.5. The van der Waals surface area contributed by atoms with Crippen LogP contribution < -0.4 is 5.32 Å². The number of imidazole rings is 1. The number of esters is 1. The van der Waals surface area contributed by atoms with Crippen molar-refractivity contribution in [3.8, 4) is 11.4 Å². The lowest BCUT2D eigenvalue weighted by molar-refractivity contribution is 0.0602. The maximum absolute atomic E-state index is 12.3. The van der Waals surface area contributed by atoms with Crippen LogP contribution >= 0.6 is 0 Å². The van der Waals surface area contributed by atoms with Crippen LogP contribution in [0.3, 0.4) is 0 Å². The van der Waals surface area contributed by atoms with E-state index in [-0.39, 0.29) is 7.40 Å². The number of rotatable bonds is 5. The van der Waals surface area contributed by atoms with Crippen LogP contribution in [0.25, 0.3) is 22.4 Å². The molecule has 0 saturated heterocycles. The fourth-order valence-electron chi connectivity index (χ4n) is 8.14. The number of ether oxygens (including phenoxy) is 1. The quantitative estimate of drug-likeness (QED) is 0.279. The van der Waals surface area contributed by atoms with Crippen molar-refractivity contribution in [2.75, 3.05) is 12.4 Å². The van der Waals surface area contributed by atoms with Crippen LogP contribution in [0.15, 0.2) is 66.7 Å². The Balaban J connectivity index is 0.00000277. The summed E-state index contributed by atoms with van der Waals surface area (Å²) < 4.78 is 6.97. The van der Waals surface area contributed by atoms with E-state index in [4.69, 9.17) is 9.72 Å². The smallest absolute Gasteiger partial charge is 0.340 e. The molecule has 8 rings (SSSR count). The Morgan fingerprint density at radius 1 is 0.974 bits per heavy atom. The summed E-state index contributed by atoms with van der Waals surface area (Å²) in [5.74, 6) is 3.34. The number of carbonyl (C=O) groups excluding carboxylic acids is 1. The van der Waals surface area contributed by atoms with E-state index in [1.807, 2.05) is 29.8 Å². The number of carbonyl (C=O) groups is 1. The molecule has 2 atom stereocenters. The van der Waals surface area contributed by atoms with E-state index in [1.54, 1.807) is 11.6 Å². The van der Waals surface area contributed by atoms with Gasteiger partial charge >= 0.3 is 5.97 Å². The van der Waals surface area contributed by atoms with Crippen molar-refractivity contribution in [1.29, 1.82) is 0 Å². The summed E-state index contributed by atoms with van der Waals surface area (Å²) in [7, 11) is 3.35. The number of fused-ring (bicyclic) bond motifs is 2. The van der Waals surface area contributed by atoms with Gasteiger partial charge in [-0.3, -0.25) is 0 Å². The molecule has 4 bridgehead atoms. The second kappa shape index (κ2) is 9.00. The molecule has 3 aromatic carbocycles. The third kappa shape index (κ3) is 3.91. The normalized spacial score (nSPS) is 25.9. The van der Waals surface area contributed by atoms with E-state index in [9.17, 15) is 4.79 Å². The van der Waals surface area contributed by atoms with Gasteiger partial charge in [0.2, 0.25) is 0 Å². The molecule has 5 heteroatoms. The topological polar surface area (TPSA) is 56.1 Å². The first-order valence-corrected chi connectivity index (χ1v) is 14.0. The number of hydrogen-bond donors (Lipinski definition) is 1. The summed E-state index contributed by atoms with van der Waals surface area (Å²) in [6.45, 7) is 0. The first-order valence-electron chi connectivity index (χ1n) is 14.0. The highest BCUT2D eigenvalue weighted by Gasteiger charge is 2.48. The predicted octanol–water partition coefficient (Wildman–Crippen LogP) is 7.87. The van der Waals surface area contributed by atoms with Gasteiger partial charge in [0, 0.05) is 25.4 Å². The number of benzene rings is 3. The molecule has 38 heavy (non-hydrogen) atoms. The number of nitrogens with zero attached hydrogens (tertiary/aromatic N) is 2. The number of aromatic nitrogens is 2. The molecule has 0 radical (unpaired) electrons. The second-order valence-electron chi connectivity index (χ2n) is 12.0. The Morgan fingerprint density at radius 2 is 1.71 bits per heavy atom. The van der Waals surface area contributed by atoms with Crippen molar-refractivity contribution >= 4 is 28.4 Å². The van der Waals surface area contributed by atoms with Gasteiger partial charge in [0.05, 0.1) is 23.7 Å². The Bertz CT molecular complexity index is 1510. The van der Waals surface area contributed by atoms with E-state index >= 15 is 0 Å². The Hall–Kier alpha value is -3.60. The fraction of sp³-hybridized carbons (Fsp3) is 0.394. The van der Waals surface area contributed by atoms with Crippen molar-refractivity contribution in [2.45, 2.75) is 50.4 Å². The van der Waals surface area contributed by atoms with Gasteiger partial charge in [-0.05, 0) is 110 Å². The Labute approximate surface area is 225 Å². The van der Waals surface area contributed by atoms with Crippen LogP contribution in [0.5, 0.6) is 0 Å². The maximum Gasteiger partial charge on any atom is 0.340 e. The van der Waals surface area contributed by atoms with Gasteiger partial charge in [-0.2, -0.15) is 0 Å². The zero-order valence-electron chi connectivity index (χ0n) is 22.2. The van der Waals surface area contributed by atoms with Crippen LogP contribution in [0.2, 0.25) is 0 Å². The van der Waals surface area contributed by atoms with E-state index in [1.165, 1.54) is 52.1 Å². The lowest BCUT2D eigenvalue weighted by Gasteiger charge is -2.45.